The van der Waals surface area contributed by atoms with Gasteiger partial charge in [-0.2, -0.15) is 0 Å². The molecule has 3 aromatic carbocycles. The summed E-state index contributed by atoms with van der Waals surface area (Å²) in [6, 6.07) is 18.9. The summed E-state index contributed by atoms with van der Waals surface area (Å²) in [7, 11) is 5.81. The molecule has 5 rings (SSSR count). The maximum atomic E-state index is 13.7. The van der Waals surface area contributed by atoms with Gasteiger partial charge in [-0.05, 0) is 85.4 Å². The molecule has 266 valence electrons. The molecule has 51 heavy (non-hydrogen) atoms. The van der Waals surface area contributed by atoms with Gasteiger partial charge in [0.15, 0.2) is 11.5 Å². The monoisotopic (exact) mass is 729 g/mol. The lowest BCUT2D eigenvalue weighted by atomic mass is 10.1. The van der Waals surface area contributed by atoms with Crippen molar-refractivity contribution < 1.29 is 38.1 Å². The first-order chi connectivity index (χ1) is 24.7. The molecule has 13 heteroatoms. The molecule has 4 aromatic rings. The van der Waals surface area contributed by atoms with Crippen LogP contribution in [0.2, 0.25) is 0 Å². The maximum Gasteiger partial charge on any atom is 0.341 e. The normalized spacial score (nSPS) is 12.5. The summed E-state index contributed by atoms with van der Waals surface area (Å²) in [5.74, 6) is -0.566. The van der Waals surface area contributed by atoms with Crippen LogP contribution in [0.25, 0.3) is 6.08 Å². The van der Waals surface area contributed by atoms with Crippen LogP contribution in [0.1, 0.15) is 56.0 Å². The van der Waals surface area contributed by atoms with Crippen molar-refractivity contribution in [2.24, 2.45) is 0 Å². The lowest BCUT2D eigenvalue weighted by Gasteiger charge is -2.15. The Morgan fingerprint density at radius 3 is 2.24 bits per heavy atom. The van der Waals surface area contributed by atoms with Crippen LogP contribution in [-0.2, 0) is 27.2 Å². The number of thiophene rings is 1. The fourth-order valence-corrected chi connectivity index (χ4v) is 7.66. The molecule has 1 heterocycles. The summed E-state index contributed by atoms with van der Waals surface area (Å²) in [6.45, 7) is 0. The molecule has 0 bridgehead atoms. The van der Waals surface area contributed by atoms with Crippen LogP contribution >= 0.6 is 23.1 Å². The summed E-state index contributed by atoms with van der Waals surface area (Å²) < 4.78 is 21.4. The van der Waals surface area contributed by atoms with Gasteiger partial charge in [0.25, 0.3) is 11.8 Å². The number of amides is 3. The van der Waals surface area contributed by atoms with Gasteiger partial charge >= 0.3 is 5.97 Å². The van der Waals surface area contributed by atoms with Gasteiger partial charge in [0.2, 0.25) is 11.7 Å². The van der Waals surface area contributed by atoms with Gasteiger partial charge in [-0.25, -0.2) is 4.79 Å². The van der Waals surface area contributed by atoms with Crippen LogP contribution in [0.4, 0.5) is 10.7 Å². The number of benzene rings is 3. The number of thioether (sulfide) groups is 1. The highest BCUT2D eigenvalue weighted by molar-refractivity contribution is 8.00. The Kier molecular flexibility index (Phi) is 12.8. The molecule has 0 saturated heterocycles. The standard InChI is InChI=1S/C38H39N3O8S2/c1-46-29-19-23(20-30(47-2)34(29)48-3)18-28(40-35(43)24-12-7-5-8-13-24)36(44)39-25-14-11-15-26(21-25)50-22-32(42)41-37-33(38(45)49-4)27-16-9-6-10-17-31(27)51-37/h5,7-8,11-15,18-21H,6,9-10,16-17,22H2,1-4H3,(H,39,44)(H,40,43)(H,41,42)/b28-18+. The van der Waals surface area contributed by atoms with Crippen LogP contribution in [0.5, 0.6) is 17.2 Å². The summed E-state index contributed by atoms with van der Waals surface area (Å²) in [5, 5.41) is 9.03. The average molecular weight is 730 g/mol. The highest BCUT2D eigenvalue weighted by Crippen LogP contribution is 2.39. The fraction of sp³-hybridized carbons (Fsp3) is 0.263. The average Bonchev–Trinajstić information content (AvgIpc) is 3.32. The number of esters is 1. The predicted molar refractivity (Wildman–Crippen MR) is 199 cm³/mol. The number of aryl methyl sites for hydroxylation is 1. The van der Waals surface area contributed by atoms with Gasteiger partial charge in [-0.15, -0.1) is 23.1 Å². The molecular formula is C38H39N3O8S2. The number of hydrogen-bond acceptors (Lipinski definition) is 10. The second-order valence-corrected chi connectivity index (χ2v) is 13.6. The van der Waals surface area contributed by atoms with E-state index in [0.29, 0.717) is 44.6 Å². The van der Waals surface area contributed by atoms with Crippen molar-refractivity contribution in [2.45, 2.75) is 37.0 Å². The third kappa shape index (κ3) is 9.30. The number of fused-ring (bicyclic) bond motifs is 1. The van der Waals surface area contributed by atoms with Crippen molar-refractivity contribution in [3.05, 3.63) is 99.6 Å². The van der Waals surface area contributed by atoms with E-state index in [9.17, 15) is 19.2 Å². The molecule has 0 spiro atoms. The van der Waals surface area contributed by atoms with Crippen LogP contribution in [-0.4, -0.2) is 57.9 Å². The molecule has 0 atom stereocenters. The second kappa shape index (κ2) is 17.6. The van der Waals surface area contributed by atoms with E-state index in [1.54, 1.807) is 60.7 Å². The van der Waals surface area contributed by atoms with E-state index in [2.05, 4.69) is 16.0 Å². The van der Waals surface area contributed by atoms with Crippen LogP contribution in [0.3, 0.4) is 0 Å². The van der Waals surface area contributed by atoms with E-state index in [1.165, 1.54) is 57.6 Å². The van der Waals surface area contributed by atoms with Gasteiger partial charge in [0.1, 0.15) is 10.7 Å². The Morgan fingerprint density at radius 1 is 0.824 bits per heavy atom. The molecule has 0 fully saturated rings. The minimum Gasteiger partial charge on any atom is -0.493 e. The predicted octanol–water partition coefficient (Wildman–Crippen LogP) is 6.97. The minimum absolute atomic E-state index is 0.0358. The molecule has 1 aliphatic rings. The van der Waals surface area contributed by atoms with Crippen molar-refractivity contribution in [1.29, 1.82) is 0 Å². The first kappa shape index (κ1) is 37.0. The number of hydrogen-bond donors (Lipinski definition) is 3. The topological polar surface area (TPSA) is 141 Å². The van der Waals surface area contributed by atoms with Crippen molar-refractivity contribution in [3.63, 3.8) is 0 Å². The Morgan fingerprint density at radius 2 is 1.55 bits per heavy atom. The van der Waals surface area contributed by atoms with Crippen molar-refractivity contribution in [3.8, 4) is 17.2 Å². The minimum atomic E-state index is -0.583. The molecule has 0 radical (unpaired) electrons. The molecule has 1 aromatic heterocycles. The zero-order chi connectivity index (χ0) is 36.3. The maximum absolute atomic E-state index is 13.7. The van der Waals surface area contributed by atoms with E-state index >= 15 is 0 Å². The SMILES string of the molecule is COC(=O)c1c(NC(=O)CSc2cccc(NC(=O)/C(=C\c3cc(OC)c(OC)c(OC)c3)NC(=O)c3ccccc3)c2)sc2c1CCCCC2. The van der Waals surface area contributed by atoms with Crippen LogP contribution in [0.15, 0.2) is 77.3 Å². The van der Waals surface area contributed by atoms with Crippen molar-refractivity contribution >= 4 is 63.6 Å². The summed E-state index contributed by atoms with van der Waals surface area (Å²) in [5.41, 5.74) is 2.73. The van der Waals surface area contributed by atoms with E-state index in [4.69, 9.17) is 18.9 Å². The highest BCUT2D eigenvalue weighted by Gasteiger charge is 2.26. The highest BCUT2D eigenvalue weighted by atomic mass is 32.2. The smallest absolute Gasteiger partial charge is 0.341 e. The molecular weight excluding hydrogens is 691 g/mol. The first-order valence-corrected chi connectivity index (χ1v) is 18.0. The number of ether oxygens (including phenoxy) is 4. The first-order valence-electron chi connectivity index (χ1n) is 16.2. The van der Waals surface area contributed by atoms with E-state index in [-0.39, 0.29) is 17.4 Å². The number of carbonyl (C=O) groups excluding carboxylic acids is 4. The van der Waals surface area contributed by atoms with Crippen LogP contribution < -0.4 is 30.2 Å². The van der Waals surface area contributed by atoms with Crippen LogP contribution in [0, 0.1) is 0 Å². The van der Waals surface area contributed by atoms with Gasteiger partial charge in [0, 0.05) is 21.0 Å². The Balaban J connectivity index is 1.32. The number of methoxy groups -OCH3 is 4. The zero-order valence-electron chi connectivity index (χ0n) is 28.8. The number of rotatable bonds is 13. The molecule has 0 aliphatic heterocycles. The number of carbonyl (C=O) groups is 4. The molecule has 3 N–H and O–H groups in total. The third-order valence-corrected chi connectivity index (χ3v) is 10.3. The molecule has 0 saturated carbocycles. The van der Waals surface area contributed by atoms with Crippen molar-refractivity contribution in [2.75, 3.05) is 44.8 Å². The summed E-state index contributed by atoms with van der Waals surface area (Å²) in [6.07, 6.45) is 6.32. The lowest BCUT2D eigenvalue weighted by Crippen LogP contribution is -2.30. The summed E-state index contributed by atoms with van der Waals surface area (Å²) >= 11 is 2.72. The third-order valence-electron chi connectivity index (χ3n) is 8.05. The van der Waals surface area contributed by atoms with E-state index in [1.807, 2.05) is 6.07 Å². The van der Waals surface area contributed by atoms with E-state index in [0.717, 1.165) is 47.4 Å². The molecule has 11 nitrogen and oxygen atoms in total. The summed E-state index contributed by atoms with van der Waals surface area (Å²) in [4.78, 5) is 54.5. The quantitative estimate of drug-likeness (QED) is 0.0576. The van der Waals surface area contributed by atoms with Gasteiger partial charge in [-0.3, -0.25) is 14.4 Å². The molecule has 0 unspecified atom stereocenters. The Hall–Kier alpha value is -5.27. The Bertz CT molecular complexity index is 1920. The molecule has 3 amide bonds. The Labute approximate surface area is 304 Å². The number of anilines is 2. The molecule has 1 aliphatic carbocycles. The number of nitrogens with one attached hydrogen (secondary N) is 3. The largest absolute Gasteiger partial charge is 0.493 e. The van der Waals surface area contributed by atoms with E-state index < -0.39 is 17.8 Å². The second-order valence-electron chi connectivity index (χ2n) is 11.4. The van der Waals surface area contributed by atoms with Gasteiger partial charge in [0.05, 0.1) is 39.8 Å². The zero-order valence-corrected chi connectivity index (χ0v) is 30.4. The van der Waals surface area contributed by atoms with Gasteiger partial charge in [-0.1, -0.05) is 30.7 Å². The van der Waals surface area contributed by atoms with Gasteiger partial charge < -0.3 is 34.9 Å². The fourth-order valence-electron chi connectivity index (χ4n) is 5.62. The lowest BCUT2D eigenvalue weighted by molar-refractivity contribution is -0.114. The van der Waals surface area contributed by atoms with Crippen molar-refractivity contribution in [1.82, 2.24) is 5.32 Å².